The normalized spacial score (nSPS) is 15.0. The van der Waals surface area contributed by atoms with Crippen LogP contribution in [0.15, 0.2) is 0 Å². The maximum absolute atomic E-state index is 3.48. The Balaban J connectivity index is 3.20. The summed E-state index contributed by atoms with van der Waals surface area (Å²) in [5.74, 6) is 1.83. The minimum Gasteiger partial charge on any atom is -0.316 e. The Morgan fingerprint density at radius 2 is 1.56 bits per heavy atom. The number of hydrogen-bond donors (Lipinski definition) is 1. The van der Waals surface area contributed by atoms with Gasteiger partial charge < -0.3 is 5.32 Å². The van der Waals surface area contributed by atoms with Crippen molar-refractivity contribution in [3.05, 3.63) is 0 Å². The zero-order valence-electron chi connectivity index (χ0n) is 11.4. The summed E-state index contributed by atoms with van der Waals surface area (Å²) in [4.78, 5) is 0. The number of hydrogen-bond acceptors (Lipinski definition) is 1. The molecule has 0 aromatic carbocycles. The highest BCUT2D eigenvalue weighted by Gasteiger charge is 2.03. The van der Waals surface area contributed by atoms with Crippen molar-refractivity contribution in [3.8, 4) is 0 Å². The average molecular weight is 339 g/mol. The molecule has 2 heteroatoms. The van der Waals surface area contributed by atoms with Gasteiger partial charge >= 0.3 is 0 Å². The molecular formula is C14H30IN. The van der Waals surface area contributed by atoms with Crippen molar-refractivity contribution in [3.63, 3.8) is 0 Å². The zero-order chi connectivity index (χ0) is 12.2. The Morgan fingerprint density at radius 1 is 0.938 bits per heavy atom. The molecule has 0 amide bonds. The Labute approximate surface area is 116 Å². The first-order valence-corrected chi connectivity index (χ1v) is 8.49. The predicted octanol–water partition coefficient (Wildman–Crippen LogP) is 4.64. The lowest BCUT2D eigenvalue weighted by Gasteiger charge is -2.12. The van der Waals surface area contributed by atoms with Gasteiger partial charge in [0, 0.05) is 11.0 Å². The smallest absolute Gasteiger partial charge is 0.0121 e. The molecule has 0 saturated carbocycles. The molecule has 1 nitrogen and oxygen atoms in total. The van der Waals surface area contributed by atoms with Crippen LogP contribution in [0.1, 0.15) is 59.3 Å². The lowest BCUT2D eigenvalue weighted by molar-refractivity contribution is 0.422. The fraction of sp³-hybridized carbons (Fsp3) is 1.00. The molecule has 0 aliphatic heterocycles. The minimum atomic E-state index is 0.902. The van der Waals surface area contributed by atoms with Crippen LogP contribution < -0.4 is 5.32 Å². The van der Waals surface area contributed by atoms with Gasteiger partial charge in [-0.25, -0.2) is 0 Å². The molecule has 2 atom stereocenters. The number of nitrogens with one attached hydrogen (secondary N) is 1. The van der Waals surface area contributed by atoms with Gasteiger partial charge in [-0.1, -0.05) is 75.5 Å². The summed E-state index contributed by atoms with van der Waals surface area (Å²) in [6.45, 7) is 9.44. The van der Waals surface area contributed by atoms with Crippen LogP contribution in [0.25, 0.3) is 0 Å². The van der Waals surface area contributed by atoms with Gasteiger partial charge in [0.15, 0.2) is 0 Å². The monoisotopic (exact) mass is 339 g/mol. The summed E-state index contributed by atoms with van der Waals surface area (Å²) in [5, 5.41) is 3.48. The highest BCUT2D eigenvalue weighted by atomic mass is 127. The van der Waals surface area contributed by atoms with E-state index in [0.717, 1.165) is 11.8 Å². The molecule has 0 radical (unpaired) electrons. The quantitative estimate of drug-likeness (QED) is 0.328. The van der Waals surface area contributed by atoms with Crippen molar-refractivity contribution in [2.75, 3.05) is 17.5 Å². The van der Waals surface area contributed by atoms with Gasteiger partial charge in [-0.05, 0) is 24.8 Å². The largest absolute Gasteiger partial charge is 0.316 e. The molecule has 0 rings (SSSR count). The van der Waals surface area contributed by atoms with Crippen molar-refractivity contribution < 1.29 is 0 Å². The molecule has 1 unspecified atom stereocenters. The van der Waals surface area contributed by atoms with E-state index in [1.807, 2.05) is 0 Å². The van der Waals surface area contributed by atoms with Crippen LogP contribution in [0, 0.1) is 11.8 Å². The molecule has 98 valence electrons. The van der Waals surface area contributed by atoms with Crippen LogP contribution in [-0.4, -0.2) is 17.5 Å². The molecule has 1 N–H and O–H groups in total. The molecule has 0 heterocycles. The van der Waals surface area contributed by atoms with Crippen LogP contribution in [-0.2, 0) is 0 Å². The summed E-state index contributed by atoms with van der Waals surface area (Å²) in [7, 11) is 0. The summed E-state index contributed by atoms with van der Waals surface area (Å²) in [6, 6.07) is 0. The third-order valence-electron chi connectivity index (χ3n) is 3.43. The fourth-order valence-electron chi connectivity index (χ4n) is 1.87. The second-order valence-corrected chi connectivity index (χ2v) is 6.21. The highest BCUT2D eigenvalue weighted by Crippen LogP contribution is 2.16. The standard InChI is InChI=1S/C14H30IN/c1-4-13(2)7-5-6-8-14(3)9-11-16-12-10-15/h13-14,16H,4-12H2,1-3H3/t13?,14-/m0/s1. The van der Waals surface area contributed by atoms with Gasteiger partial charge in [-0.15, -0.1) is 0 Å². The lowest BCUT2D eigenvalue weighted by atomic mass is 9.96. The van der Waals surface area contributed by atoms with Crippen molar-refractivity contribution in [1.82, 2.24) is 5.32 Å². The zero-order valence-corrected chi connectivity index (χ0v) is 13.6. The summed E-state index contributed by atoms with van der Waals surface area (Å²) < 4.78 is 1.22. The van der Waals surface area contributed by atoms with Gasteiger partial charge in [-0.2, -0.15) is 0 Å². The average Bonchev–Trinajstić information content (AvgIpc) is 2.30. The van der Waals surface area contributed by atoms with E-state index >= 15 is 0 Å². The van der Waals surface area contributed by atoms with Crippen LogP contribution in [0.5, 0.6) is 0 Å². The second kappa shape index (κ2) is 12.2. The Bertz CT molecular complexity index is 139. The van der Waals surface area contributed by atoms with Gasteiger partial charge in [0.05, 0.1) is 0 Å². The van der Waals surface area contributed by atoms with E-state index in [4.69, 9.17) is 0 Å². The van der Waals surface area contributed by atoms with Crippen molar-refractivity contribution in [2.45, 2.75) is 59.3 Å². The molecular weight excluding hydrogens is 309 g/mol. The van der Waals surface area contributed by atoms with Crippen molar-refractivity contribution in [1.29, 1.82) is 0 Å². The number of alkyl halides is 1. The predicted molar refractivity (Wildman–Crippen MR) is 83.5 cm³/mol. The molecule has 0 aliphatic carbocycles. The fourth-order valence-corrected chi connectivity index (χ4v) is 2.26. The molecule has 0 aromatic rings. The summed E-state index contributed by atoms with van der Waals surface area (Å²) >= 11 is 2.42. The highest BCUT2D eigenvalue weighted by molar-refractivity contribution is 14.1. The SMILES string of the molecule is CCC(C)CCCC[C@H](C)CCNCCI. The van der Waals surface area contributed by atoms with E-state index in [-0.39, 0.29) is 0 Å². The Hall–Kier alpha value is 0.690. The third kappa shape index (κ3) is 11.2. The van der Waals surface area contributed by atoms with Crippen LogP contribution in [0.2, 0.25) is 0 Å². The van der Waals surface area contributed by atoms with Gasteiger partial charge in [0.2, 0.25) is 0 Å². The number of rotatable bonds is 11. The molecule has 16 heavy (non-hydrogen) atoms. The third-order valence-corrected chi connectivity index (χ3v) is 3.97. The molecule has 0 fully saturated rings. The molecule has 0 spiro atoms. The van der Waals surface area contributed by atoms with E-state index in [1.54, 1.807) is 0 Å². The molecule has 0 bridgehead atoms. The van der Waals surface area contributed by atoms with Crippen molar-refractivity contribution in [2.24, 2.45) is 11.8 Å². The Morgan fingerprint density at radius 3 is 2.12 bits per heavy atom. The number of halogens is 1. The van der Waals surface area contributed by atoms with Crippen molar-refractivity contribution >= 4 is 22.6 Å². The molecule has 0 aromatic heterocycles. The first kappa shape index (κ1) is 16.7. The first-order valence-electron chi connectivity index (χ1n) is 6.97. The van der Waals surface area contributed by atoms with E-state index in [0.29, 0.717) is 0 Å². The second-order valence-electron chi connectivity index (χ2n) is 5.13. The lowest BCUT2D eigenvalue weighted by Crippen LogP contribution is -2.19. The van der Waals surface area contributed by atoms with E-state index in [2.05, 4.69) is 48.7 Å². The maximum atomic E-state index is 3.48. The van der Waals surface area contributed by atoms with Gasteiger partial charge in [-0.3, -0.25) is 0 Å². The maximum Gasteiger partial charge on any atom is 0.0121 e. The minimum absolute atomic E-state index is 0.902. The first-order chi connectivity index (χ1) is 7.70. The molecule has 0 aliphatic rings. The van der Waals surface area contributed by atoms with Crippen LogP contribution in [0.3, 0.4) is 0 Å². The number of unbranched alkanes of at least 4 members (excludes halogenated alkanes) is 1. The van der Waals surface area contributed by atoms with Crippen LogP contribution >= 0.6 is 22.6 Å². The van der Waals surface area contributed by atoms with Gasteiger partial charge in [0.25, 0.3) is 0 Å². The van der Waals surface area contributed by atoms with E-state index in [9.17, 15) is 0 Å². The van der Waals surface area contributed by atoms with E-state index in [1.165, 1.54) is 56.0 Å². The summed E-state index contributed by atoms with van der Waals surface area (Å²) in [5.41, 5.74) is 0. The topological polar surface area (TPSA) is 12.0 Å². The molecule has 0 saturated heterocycles. The summed E-state index contributed by atoms with van der Waals surface area (Å²) in [6.07, 6.45) is 8.40. The van der Waals surface area contributed by atoms with Gasteiger partial charge in [0.1, 0.15) is 0 Å². The van der Waals surface area contributed by atoms with E-state index < -0.39 is 0 Å². The Kier molecular flexibility index (Phi) is 12.7. The van der Waals surface area contributed by atoms with Crippen LogP contribution in [0.4, 0.5) is 0 Å².